The average Bonchev–Trinajstić information content (AvgIpc) is 2.73. The Bertz CT molecular complexity index is 422. The molecule has 2 unspecified atom stereocenters. The molecule has 0 bridgehead atoms. The van der Waals surface area contributed by atoms with Crippen LogP contribution in [-0.4, -0.2) is 35.4 Å². The Morgan fingerprint density at radius 2 is 2.37 bits per heavy atom. The van der Waals surface area contributed by atoms with Crippen LogP contribution in [0.1, 0.15) is 32.9 Å². The molecule has 0 fully saturated rings. The molecule has 6 heteroatoms. The molecule has 1 aromatic heterocycles. The van der Waals surface area contributed by atoms with E-state index in [1.807, 2.05) is 27.7 Å². The van der Waals surface area contributed by atoms with Crippen molar-refractivity contribution < 1.29 is 13.9 Å². The number of esters is 1. The molecule has 1 heterocycles. The van der Waals surface area contributed by atoms with Gasteiger partial charge >= 0.3 is 5.97 Å². The lowest BCUT2D eigenvalue weighted by Crippen LogP contribution is -2.51. The number of rotatable bonds is 7. The zero-order valence-electron chi connectivity index (χ0n) is 12.1. The predicted octanol–water partition coefficient (Wildman–Crippen LogP) is 2.39. The number of carbonyl (C=O) groups excluding carboxylic acids is 1. The van der Waals surface area contributed by atoms with Crippen molar-refractivity contribution in [2.24, 2.45) is 0 Å². The van der Waals surface area contributed by atoms with Crippen molar-refractivity contribution in [3.05, 3.63) is 12.0 Å². The van der Waals surface area contributed by atoms with Crippen LogP contribution in [-0.2, 0) is 9.53 Å². The maximum absolute atomic E-state index is 11.9. The zero-order valence-corrected chi connectivity index (χ0v) is 13.0. The maximum Gasteiger partial charge on any atom is 0.325 e. The molecule has 0 saturated carbocycles. The molecule has 0 aromatic carbocycles. The molecule has 0 amide bonds. The standard InChI is InChI=1S/C13H22N2O3S/c1-6-14-13(4,11(16)17-5)7-10(3)19-12-15-9(2)8-18-12/h8,10,14H,6-7H2,1-5H3. The van der Waals surface area contributed by atoms with Crippen molar-refractivity contribution in [1.82, 2.24) is 10.3 Å². The molecule has 1 rings (SSSR count). The maximum atomic E-state index is 11.9. The van der Waals surface area contributed by atoms with E-state index in [2.05, 4.69) is 10.3 Å². The monoisotopic (exact) mass is 286 g/mol. The van der Waals surface area contributed by atoms with Gasteiger partial charge in [-0.1, -0.05) is 25.6 Å². The molecule has 108 valence electrons. The van der Waals surface area contributed by atoms with Gasteiger partial charge in [0.2, 0.25) is 0 Å². The third-order valence-corrected chi connectivity index (χ3v) is 3.76. The smallest absolute Gasteiger partial charge is 0.325 e. The van der Waals surface area contributed by atoms with E-state index in [9.17, 15) is 4.79 Å². The van der Waals surface area contributed by atoms with E-state index in [1.165, 1.54) is 18.9 Å². The van der Waals surface area contributed by atoms with Crippen molar-refractivity contribution >= 4 is 17.7 Å². The van der Waals surface area contributed by atoms with E-state index >= 15 is 0 Å². The molecule has 5 nitrogen and oxygen atoms in total. The van der Waals surface area contributed by atoms with Crippen LogP contribution in [0.4, 0.5) is 0 Å². The molecular weight excluding hydrogens is 264 g/mol. The van der Waals surface area contributed by atoms with Gasteiger partial charge in [-0.05, 0) is 26.8 Å². The second-order valence-corrected chi connectivity index (χ2v) is 6.13. The molecule has 0 radical (unpaired) electrons. The summed E-state index contributed by atoms with van der Waals surface area (Å²) in [7, 11) is 1.41. The van der Waals surface area contributed by atoms with Gasteiger partial charge in [0, 0.05) is 5.25 Å². The first-order valence-electron chi connectivity index (χ1n) is 6.33. The number of methoxy groups -OCH3 is 1. The largest absolute Gasteiger partial charge is 0.468 e. The first-order chi connectivity index (χ1) is 8.91. The van der Waals surface area contributed by atoms with E-state index < -0.39 is 5.54 Å². The minimum atomic E-state index is -0.683. The molecule has 0 saturated heterocycles. The van der Waals surface area contributed by atoms with Gasteiger partial charge in [0.1, 0.15) is 11.8 Å². The fourth-order valence-corrected chi connectivity index (χ4v) is 3.08. The van der Waals surface area contributed by atoms with Crippen LogP contribution in [0.15, 0.2) is 15.9 Å². The third-order valence-electron chi connectivity index (χ3n) is 2.80. The summed E-state index contributed by atoms with van der Waals surface area (Å²) in [4.78, 5) is 16.1. The van der Waals surface area contributed by atoms with Crippen LogP contribution in [0.2, 0.25) is 0 Å². The van der Waals surface area contributed by atoms with Crippen LogP contribution < -0.4 is 5.32 Å². The van der Waals surface area contributed by atoms with Crippen molar-refractivity contribution in [3.8, 4) is 0 Å². The van der Waals surface area contributed by atoms with Crippen LogP contribution in [0.25, 0.3) is 0 Å². The van der Waals surface area contributed by atoms with E-state index in [1.54, 1.807) is 6.26 Å². The molecule has 19 heavy (non-hydrogen) atoms. The van der Waals surface area contributed by atoms with Gasteiger partial charge in [0.05, 0.1) is 12.8 Å². The lowest BCUT2D eigenvalue weighted by atomic mass is 9.96. The molecule has 0 aliphatic rings. The highest BCUT2D eigenvalue weighted by atomic mass is 32.2. The predicted molar refractivity (Wildman–Crippen MR) is 75.3 cm³/mol. The number of hydrogen-bond acceptors (Lipinski definition) is 6. The van der Waals surface area contributed by atoms with E-state index in [0.717, 1.165) is 5.69 Å². The number of likely N-dealkylation sites (N-methyl/N-ethyl adjacent to an activating group) is 1. The SMILES string of the molecule is CCNC(C)(CC(C)Sc1nc(C)co1)C(=O)OC. The molecule has 0 spiro atoms. The van der Waals surface area contributed by atoms with Crippen molar-refractivity contribution in [2.45, 2.75) is 50.1 Å². The Balaban J connectivity index is 2.65. The minimum absolute atomic E-state index is 0.182. The highest BCUT2D eigenvalue weighted by Gasteiger charge is 2.35. The Morgan fingerprint density at radius 1 is 1.68 bits per heavy atom. The quantitative estimate of drug-likeness (QED) is 0.613. The summed E-state index contributed by atoms with van der Waals surface area (Å²) in [5.74, 6) is -0.245. The molecule has 1 N–H and O–H groups in total. The summed E-state index contributed by atoms with van der Waals surface area (Å²) in [6, 6.07) is 0. The van der Waals surface area contributed by atoms with Gasteiger partial charge < -0.3 is 14.5 Å². The van der Waals surface area contributed by atoms with Crippen LogP contribution in [0, 0.1) is 6.92 Å². The summed E-state index contributed by atoms with van der Waals surface area (Å²) in [6.07, 6.45) is 2.26. The summed E-state index contributed by atoms with van der Waals surface area (Å²) in [6.45, 7) is 8.47. The molecular formula is C13H22N2O3S. The van der Waals surface area contributed by atoms with E-state index in [0.29, 0.717) is 18.2 Å². The Morgan fingerprint density at radius 3 is 2.84 bits per heavy atom. The Labute approximate surface area is 118 Å². The van der Waals surface area contributed by atoms with Gasteiger partial charge in [0.15, 0.2) is 0 Å². The number of hydrogen-bond donors (Lipinski definition) is 1. The van der Waals surface area contributed by atoms with Crippen LogP contribution in [0.3, 0.4) is 0 Å². The highest BCUT2D eigenvalue weighted by molar-refractivity contribution is 7.99. The fourth-order valence-electron chi connectivity index (χ4n) is 2.02. The van der Waals surface area contributed by atoms with Crippen LogP contribution >= 0.6 is 11.8 Å². The summed E-state index contributed by atoms with van der Waals surface area (Å²) in [5, 5.41) is 4.01. The summed E-state index contributed by atoms with van der Waals surface area (Å²) < 4.78 is 10.2. The van der Waals surface area contributed by atoms with Gasteiger partial charge in [-0.15, -0.1) is 0 Å². The number of thioether (sulfide) groups is 1. The normalized spacial score (nSPS) is 15.8. The summed E-state index contributed by atoms with van der Waals surface area (Å²) in [5.41, 5.74) is 0.175. The number of oxazole rings is 1. The van der Waals surface area contributed by atoms with Gasteiger partial charge in [0.25, 0.3) is 5.22 Å². The fraction of sp³-hybridized carbons (Fsp3) is 0.692. The van der Waals surface area contributed by atoms with E-state index in [-0.39, 0.29) is 11.2 Å². The van der Waals surface area contributed by atoms with Gasteiger partial charge in [-0.3, -0.25) is 4.79 Å². The molecule has 2 atom stereocenters. The highest BCUT2D eigenvalue weighted by Crippen LogP contribution is 2.28. The molecule has 0 aliphatic carbocycles. The lowest BCUT2D eigenvalue weighted by molar-refractivity contribution is -0.148. The van der Waals surface area contributed by atoms with Crippen molar-refractivity contribution in [2.75, 3.05) is 13.7 Å². The molecule has 0 aliphatic heterocycles. The average molecular weight is 286 g/mol. The number of aryl methyl sites for hydroxylation is 1. The van der Waals surface area contributed by atoms with Crippen molar-refractivity contribution in [1.29, 1.82) is 0 Å². The summed E-state index contributed by atoms with van der Waals surface area (Å²) >= 11 is 1.52. The second-order valence-electron chi connectivity index (χ2n) is 4.74. The van der Waals surface area contributed by atoms with Crippen LogP contribution in [0.5, 0.6) is 0 Å². The topological polar surface area (TPSA) is 64.4 Å². The molecule has 1 aromatic rings. The lowest BCUT2D eigenvalue weighted by Gasteiger charge is -2.29. The first-order valence-corrected chi connectivity index (χ1v) is 7.21. The number of nitrogens with zero attached hydrogens (tertiary/aromatic N) is 1. The number of nitrogens with one attached hydrogen (secondary N) is 1. The van der Waals surface area contributed by atoms with Crippen molar-refractivity contribution in [3.63, 3.8) is 0 Å². The number of ether oxygens (including phenoxy) is 1. The Kier molecular flexibility index (Phi) is 5.87. The van der Waals surface area contributed by atoms with Gasteiger partial charge in [-0.2, -0.15) is 0 Å². The third kappa shape index (κ3) is 4.54. The minimum Gasteiger partial charge on any atom is -0.468 e. The van der Waals surface area contributed by atoms with E-state index in [4.69, 9.17) is 9.15 Å². The number of aromatic nitrogens is 1. The number of carbonyl (C=O) groups is 1. The Hall–Kier alpha value is -1.01. The van der Waals surface area contributed by atoms with Gasteiger partial charge in [-0.25, -0.2) is 4.98 Å². The first kappa shape index (κ1) is 16.0. The second kappa shape index (κ2) is 6.96. The zero-order chi connectivity index (χ0) is 14.5.